The highest BCUT2D eigenvalue weighted by molar-refractivity contribution is 5.97. The molecule has 2 N–H and O–H groups in total. The zero-order chi connectivity index (χ0) is 26.5. The van der Waals surface area contributed by atoms with Gasteiger partial charge in [-0.25, -0.2) is 4.79 Å². The number of aliphatic carboxylic acids is 1. The molecule has 0 aliphatic rings. The Morgan fingerprint density at radius 1 is 0.806 bits per heavy atom. The molecule has 0 saturated carbocycles. The Labute approximate surface area is 201 Å². The number of carbonyl (C=O) groups is 2. The molecular weight excluding hydrogens is 492 g/mol. The largest absolute Gasteiger partial charge is 0.489 e. The minimum absolute atomic E-state index is 0.119. The Hall–Kier alpha value is -4.02. The van der Waals surface area contributed by atoms with Crippen LogP contribution >= 0.6 is 0 Å². The van der Waals surface area contributed by atoms with E-state index in [-0.39, 0.29) is 31.2 Å². The third-order valence-electron chi connectivity index (χ3n) is 5.04. The van der Waals surface area contributed by atoms with Crippen molar-refractivity contribution in [2.24, 2.45) is 0 Å². The third kappa shape index (κ3) is 7.24. The van der Waals surface area contributed by atoms with Gasteiger partial charge >= 0.3 is 18.3 Å². The molecule has 190 valence electrons. The van der Waals surface area contributed by atoms with Crippen LogP contribution < -0.4 is 10.1 Å². The van der Waals surface area contributed by atoms with Crippen LogP contribution in [0.3, 0.4) is 0 Å². The quantitative estimate of drug-likeness (QED) is 0.379. The van der Waals surface area contributed by atoms with E-state index in [4.69, 9.17) is 4.74 Å². The van der Waals surface area contributed by atoms with Crippen LogP contribution in [0.2, 0.25) is 0 Å². The fourth-order valence-electron chi connectivity index (χ4n) is 3.27. The number of rotatable bonds is 8. The zero-order valence-corrected chi connectivity index (χ0v) is 18.4. The smallest absolute Gasteiger partial charge is 0.416 e. The van der Waals surface area contributed by atoms with Gasteiger partial charge in [-0.3, -0.25) is 4.79 Å². The van der Waals surface area contributed by atoms with E-state index in [0.29, 0.717) is 11.3 Å². The van der Waals surface area contributed by atoms with Gasteiger partial charge in [-0.2, -0.15) is 26.3 Å². The first kappa shape index (κ1) is 26.6. The lowest BCUT2D eigenvalue weighted by atomic mass is 10.0. The number of carboxylic acid groups (broad SMARTS) is 1. The van der Waals surface area contributed by atoms with Crippen molar-refractivity contribution in [2.75, 3.05) is 0 Å². The predicted molar refractivity (Wildman–Crippen MR) is 116 cm³/mol. The van der Waals surface area contributed by atoms with E-state index in [2.05, 4.69) is 0 Å². The van der Waals surface area contributed by atoms with Crippen LogP contribution in [0.1, 0.15) is 32.6 Å². The number of amides is 1. The number of alkyl halides is 6. The van der Waals surface area contributed by atoms with Crippen LogP contribution in [-0.4, -0.2) is 23.0 Å². The van der Waals surface area contributed by atoms with E-state index in [9.17, 15) is 41.0 Å². The molecule has 0 fully saturated rings. The predicted octanol–water partition coefficient (Wildman–Crippen LogP) is 5.73. The highest BCUT2D eigenvalue weighted by atomic mass is 19.4. The summed E-state index contributed by atoms with van der Waals surface area (Å²) >= 11 is 0. The van der Waals surface area contributed by atoms with E-state index in [1.54, 1.807) is 18.2 Å². The summed E-state index contributed by atoms with van der Waals surface area (Å²) in [5.74, 6) is -2.52. The summed E-state index contributed by atoms with van der Waals surface area (Å²) in [7, 11) is 0. The number of hydrogen-bond acceptors (Lipinski definition) is 3. The summed E-state index contributed by atoms with van der Waals surface area (Å²) in [5.41, 5.74) is -3.04. The number of hydrogen-bond donors (Lipinski definition) is 2. The lowest BCUT2D eigenvalue weighted by molar-refractivity contribution is -0.143. The highest BCUT2D eigenvalue weighted by Crippen LogP contribution is 2.36. The number of ether oxygens (including phenoxy) is 1. The first-order chi connectivity index (χ1) is 16.8. The second kappa shape index (κ2) is 10.7. The van der Waals surface area contributed by atoms with Gasteiger partial charge in [0.25, 0.3) is 5.91 Å². The standard InChI is InChI=1S/C25H19F6NO4/c26-24(27,28)18-11-17(12-19(13-18)25(29,30)31)22(33)32-21(23(34)35)10-16-7-4-8-20(9-16)36-14-15-5-2-1-3-6-15/h1-9,11-13,21H,10,14H2,(H,32,33)(H,34,35)/t21-/m1/s1. The van der Waals surface area contributed by atoms with E-state index in [1.165, 1.54) is 6.07 Å². The van der Waals surface area contributed by atoms with Crippen LogP contribution in [0, 0.1) is 0 Å². The Balaban J connectivity index is 1.77. The maximum atomic E-state index is 13.1. The monoisotopic (exact) mass is 511 g/mol. The van der Waals surface area contributed by atoms with Crippen molar-refractivity contribution in [1.29, 1.82) is 0 Å². The Bertz CT molecular complexity index is 1190. The molecule has 36 heavy (non-hydrogen) atoms. The lowest BCUT2D eigenvalue weighted by Gasteiger charge is -2.17. The molecule has 3 rings (SSSR count). The molecule has 1 amide bonds. The molecule has 3 aromatic carbocycles. The van der Waals surface area contributed by atoms with Crippen LogP contribution in [0.25, 0.3) is 0 Å². The number of halogens is 6. The van der Waals surface area contributed by atoms with Gasteiger partial charge in [-0.1, -0.05) is 42.5 Å². The molecule has 0 saturated heterocycles. The van der Waals surface area contributed by atoms with E-state index < -0.39 is 47.0 Å². The summed E-state index contributed by atoms with van der Waals surface area (Å²) in [5, 5.41) is 11.5. The summed E-state index contributed by atoms with van der Waals surface area (Å²) in [6.45, 7) is 0.237. The average Bonchev–Trinajstić information content (AvgIpc) is 2.81. The molecular formula is C25H19F6NO4. The van der Waals surface area contributed by atoms with Crippen molar-refractivity contribution < 1.29 is 45.8 Å². The molecule has 5 nitrogen and oxygen atoms in total. The summed E-state index contributed by atoms with van der Waals surface area (Å²) < 4.78 is 84.2. The molecule has 3 aromatic rings. The second-order valence-corrected chi connectivity index (χ2v) is 7.78. The maximum Gasteiger partial charge on any atom is 0.416 e. The summed E-state index contributed by atoms with van der Waals surface area (Å²) in [4.78, 5) is 24.2. The molecule has 0 unspecified atom stereocenters. The van der Waals surface area contributed by atoms with Gasteiger partial charge in [0.05, 0.1) is 11.1 Å². The van der Waals surface area contributed by atoms with Gasteiger partial charge in [0, 0.05) is 12.0 Å². The number of benzene rings is 3. The van der Waals surface area contributed by atoms with Crippen LogP contribution in [0.5, 0.6) is 5.75 Å². The first-order valence-corrected chi connectivity index (χ1v) is 10.4. The van der Waals surface area contributed by atoms with Crippen molar-refractivity contribution in [2.45, 2.75) is 31.4 Å². The third-order valence-corrected chi connectivity index (χ3v) is 5.04. The van der Waals surface area contributed by atoms with Gasteiger partial charge in [0.1, 0.15) is 18.4 Å². The normalized spacial score (nSPS) is 12.6. The Morgan fingerprint density at radius 2 is 1.39 bits per heavy atom. The first-order valence-electron chi connectivity index (χ1n) is 10.4. The molecule has 0 bridgehead atoms. The van der Waals surface area contributed by atoms with Crippen molar-refractivity contribution >= 4 is 11.9 Å². The van der Waals surface area contributed by atoms with Crippen LogP contribution in [-0.2, 0) is 30.2 Å². The fraction of sp³-hybridized carbons (Fsp3) is 0.200. The van der Waals surface area contributed by atoms with Gasteiger partial charge in [-0.05, 0) is 41.5 Å². The van der Waals surface area contributed by atoms with Crippen LogP contribution in [0.4, 0.5) is 26.3 Å². The topological polar surface area (TPSA) is 75.6 Å². The van der Waals surface area contributed by atoms with E-state index in [0.717, 1.165) is 5.56 Å². The summed E-state index contributed by atoms with van der Waals surface area (Å²) in [6.07, 6.45) is -10.6. The number of carboxylic acids is 1. The molecule has 0 radical (unpaired) electrons. The van der Waals surface area contributed by atoms with E-state index in [1.807, 2.05) is 35.6 Å². The highest BCUT2D eigenvalue weighted by Gasteiger charge is 2.37. The maximum absolute atomic E-state index is 13.1. The minimum Gasteiger partial charge on any atom is -0.489 e. The molecule has 1 atom stereocenters. The SMILES string of the molecule is O=C(N[C@H](Cc1cccc(OCc2ccccc2)c1)C(=O)O)c1cc(C(F)(F)F)cc(C(F)(F)F)c1. The molecule has 0 aromatic heterocycles. The molecule has 11 heteroatoms. The number of carbonyl (C=O) groups excluding carboxylic acids is 1. The van der Waals surface area contributed by atoms with Crippen LogP contribution in [0.15, 0.2) is 72.8 Å². The number of nitrogens with one attached hydrogen (secondary N) is 1. The summed E-state index contributed by atoms with van der Waals surface area (Å²) in [6, 6.07) is 14.2. The molecule has 0 spiro atoms. The molecule has 0 heterocycles. The van der Waals surface area contributed by atoms with Gasteiger partial charge in [0.15, 0.2) is 0 Å². The van der Waals surface area contributed by atoms with Crippen molar-refractivity contribution in [3.05, 3.63) is 101 Å². The fourth-order valence-corrected chi connectivity index (χ4v) is 3.27. The Kier molecular flexibility index (Phi) is 7.91. The lowest BCUT2D eigenvalue weighted by Crippen LogP contribution is -2.42. The zero-order valence-electron chi connectivity index (χ0n) is 18.4. The van der Waals surface area contributed by atoms with Gasteiger partial charge in [0.2, 0.25) is 0 Å². The van der Waals surface area contributed by atoms with Crippen molar-refractivity contribution in [3.63, 3.8) is 0 Å². The second-order valence-electron chi connectivity index (χ2n) is 7.78. The average molecular weight is 511 g/mol. The van der Waals surface area contributed by atoms with Gasteiger partial charge < -0.3 is 15.2 Å². The van der Waals surface area contributed by atoms with E-state index >= 15 is 0 Å². The molecule has 0 aliphatic carbocycles. The molecule has 0 aliphatic heterocycles. The Morgan fingerprint density at radius 3 is 1.94 bits per heavy atom. The van der Waals surface area contributed by atoms with Gasteiger partial charge in [-0.15, -0.1) is 0 Å². The minimum atomic E-state index is -5.15. The van der Waals surface area contributed by atoms with Crippen molar-refractivity contribution in [3.8, 4) is 5.75 Å². The van der Waals surface area contributed by atoms with Crippen molar-refractivity contribution in [1.82, 2.24) is 5.32 Å².